The molecule has 1 aliphatic carbocycles. The molecule has 2 aromatic rings. The Labute approximate surface area is 204 Å². The maximum absolute atomic E-state index is 13.4. The van der Waals surface area contributed by atoms with E-state index >= 15 is 0 Å². The highest BCUT2D eigenvalue weighted by Crippen LogP contribution is 2.50. The van der Waals surface area contributed by atoms with Crippen molar-refractivity contribution >= 4 is 27.9 Å². The normalized spacial score (nSPS) is 18.1. The molecule has 0 N–H and O–H groups in total. The number of carbonyl (C=O) groups excluding carboxylic acids is 2. The van der Waals surface area contributed by atoms with Gasteiger partial charge in [0.25, 0.3) is 0 Å². The van der Waals surface area contributed by atoms with E-state index in [1.165, 1.54) is 33.5 Å². The van der Waals surface area contributed by atoms with Crippen molar-refractivity contribution in [2.75, 3.05) is 35.5 Å². The second-order valence-electron chi connectivity index (χ2n) is 7.91. The van der Waals surface area contributed by atoms with Crippen LogP contribution in [-0.4, -0.2) is 61.2 Å². The summed E-state index contributed by atoms with van der Waals surface area (Å²) in [6.45, 7) is 0. The number of sulfone groups is 1. The summed E-state index contributed by atoms with van der Waals surface area (Å²) < 4.78 is 53.0. The van der Waals surface area contributed by atoms with E-state index in [1.807, 2.05) is 0 Å². The summed E-state index contributed by atoms with van der Waals surface area (Å²) in [6.07, 6.45) is 1.16. The zero-order valence-corrected chi connectivity index (χ0v) is 21.0. The topological polar surface area (TPSA) is 114 Å². The molecule has 1 unspecified atom stereocenters. The Morgan fingerprint density at radius 2 is 1.43 bits per heavy atom. The van der Waals surface area contributed by atoms with Gasteiger partial charge in [-0.05, 0) is 48.2 Å². The highest BCUT2D eigenvalue weighted by atomic mass is 32.2. The Kier molecular flexibility index (Phi) is 7.74. The number of methoxy groups -OCH3 is 5. The fourth-order valence-corrected chi connectivity index (χ4v) is 6.20. The summed E-state index contributed by atoms with van der Waals surface area (Å²) >= 11 is 0. The number of carbonyl (C=O) groups is 2. The predicted molar refractivity (Wildman–Crippen MR) is 127 cm³/mol. The van der Waals surface area contributed by atoms with Crippen molar-refractivity contribution in [2.45, 2.75) is 23.0 Å². The minimum Gasteiger partial charge on any atom is -0.493 e. The predicted octanol–water partition coefficient (Wildman–Crippen LogP) is 3.06. The molecule has 10 heteroatoms. The van der Waals surface area contributed by atoms with Gasteiger partial charge in [-0.1, -0.05) is 24.3 Å². The van der Waals surface area contributed by atoms with E-state index in [0.717, 1.165) is 14.2 Å². The number of rotatable bonds is 8. The number of ether oxygens (including phenoxy) is 5. The first-order chi connectivity index (χ1) is 16.7. The van der Waals surface area contributed by atoms with Gasteiger partial charge in [-0.3, -0.25) is 9.59 Å². The molecule has 0 heterocycles. The van der Waals surface area contributed by atoms with Gasteiger partial charge in [0.1, 0.15) is 0 Å². The lowest BCUT2D eigenvalue weighted by Crippen LogP contribution is -2.41. The van der Waals surface area contributed by atoms with E-state index in [0.29, 0.717) is 22.8 Å². The molecule has 188 valence electrons. The molecular formula is C25H28O9S. The molecule has 0 radical (unpaired) electrons. The molecule has 0 amide bonds. The standard InChI is InChI=1S/C25H28O9S/c1-30-20-12-16(13-21(31-2)22(20)32-3)11-17-14-19(35(28,29)18-9-7-6-8-10-18)15-25(17,23(26)33-4)24(27)34-5/h6-13,19H,14-15H2,1-5H3/b17-11+. The van der Waals surface area contributed by atoms with Crippen molar-refractivity contribution in [2.24, 2.45) is 5.41 Å². The largest absolute Gasteiger partial charge is 0.493 e. The minimum absolute atomic E-state index is 0.0852. The van der Waals surface area contributed by atoms with Crippen LogP contribution in [0.1, 0.15) is 18.4 Å². The first-order valence-corrected chi connectivity index (χ1v) is 12.2. The van der Waals surface area contributed by atoms with Gasteiger partial charge in [0.05, 0.1) is 45.7 Å². The molecule has 0 aliphatic heterocycles. The Morgan fingerprint density at radius 1 is 0.886 bits per heavy atom. The fourth-order valence-electron chi connectivity index (χ4n) is 4.41. The van der Waals surface area contributed by atoms with Crippen molar-refractivity contribution in [3.8, 4) is 17.2 Å². The highest BCUT2D eigenvalue weighted by molar-refractivity contribution is 7.92. The molecule has 2 aromatic carbocycles. The molecule has 1 fully saturated rings. The van der Waals surface area contributed by atoms with Crippen molar-refractivity contribution in [1.29, 1.82) is 0 Å². The summed E-state index contributed by atoms with van der Waals surface area (Å²) in [5.74, 6) is -0.721. The van der Waals surface area contributed by atoms with Gasteiger partial charge in [0, 0.05) is 0 Å². The van der Waals surface area contributed by atoms with Crippen LogP contribution in [0.5, 0.6) is 17.2 Å². The first kappa shape index (κ1) is 26.1. The van der Waals surface area contributed by atoms with E-state index < -0.39 is 32.4 Å². The maximum Gasteiger partial charge on any atom is 0.327 e. The molecule has 35 heavy (non-hydrogen) atoms. The van der Waals surface area contributed by atoms with Crippen molar-refractivity contribution in [3.05, 3.63) is 53.6 Å². The molecule has 0 spiro atoms. The van der Waals surface area contributed by atoms with Crippen LogP contribution in [0.2, 0.25) is 0 Å². The van der Waals surface area contributed by atoms with Crippen LogP contribution in [0.3, 0.4) is 0 Å². The minimum atomic E-state index is -3.88. The zero-order valence-electron chi connectivity index (χ0n) is 20.2. The molecule has 1 atom stereocenters. The van der Waals surface area contributed by atoms with Crippen LogP contribution >= 0.6 is 0 Å². The second-order valence-corrected chi connectivity index (χ2v) is 10.1. The average Bonchev–Trinajstić information content (AvgIpc) is 3.28. The fraction of sp³-hybridized carbons (Fsp3) is 0.360. The van der Waals surface area contributed by atoms with Crippen LogP contribution in [0.15, 0.2) is 52.9 Å². The molecule has 1 aliphatic rings. The molecular weight excluding hydrogens is 476 g/mol. The van der Waals surface area contributed by atoms with Crippen LogP contribution < -0.4 is 14.2 Å². The highest BCUT2D eigenvalue weighted by Gasteiger charge is 2.59. The number of hydrogen-bond acceptors (Lipinski definition) is 9. The number of hydrogen-bond donors (Lipinski definition) is 0. The van der Waals surface area contributed by atoms with E-state index in [1.54, 1.807) is 36.4 Å². The van der Waals surface area contributed by atoms with Gasteiger partial charge in [0.2, 0.25) is 5.75 Å². The third-order valence-electron chi connectivity index (χ3n) is 6.14. The first-order valence-electron chi connectivity index (χ1n) is 10.7. The molecule has 0 bridgehead atoms. The molecule has 0 aromatic heterocycles. The summed E-state index contributed by atoms with van der Waals surface area (Å²) in [4.78, 5) is 26.2. The van der Waals surface area contributed by atoms with Gasteiger partial charge in [-0.15, -0.1) is 0 Å². The van der Waals surface area contributed by atoms with Crippen LogP contribution in [-0.2, 0) is 28.9 Å². The molecule has 9 nitrogen and oxygen atoms in total. The van der Waals surface area contributed by atoms with Gasteiger partial charge in [-0.2, -0.15) is 0 Å². The number of benzene rings is 2. The Morgan fingerprint density at radius 3 is 1.89 bits per heavy atom. The van der Waals surface area contributed by atoms with Crippen LogP contribution in [0.25, 0.3) is 6.08 Å². The third-order valence-corrected chi connectivity index (χ3v) is 8.28. The van der Waals surface area contributed by atoms with Crippen molar-refractivity contribution in [3.63, 3.8) is 0 Å². The quantitative estimate of drug-likeness (QED) is 0.395. The SMILES string of the molecule is COC(=O)C1(C(=O)OC)CC(S(=O)(=O)c2ccccc2)C/C1=C\c1cc(OC)c(OC)c(OC)c1. The van der Waals surface area contributed by atoms with Crippen LogP contribution in [0.4, 0.5) is 0 Å². The summed E-state index contributed by atoms with van der Waals surface area (Å²) in [7, 11) is 2.79. The van der Waals surface area contributed by atoms with Gasteiger partial charge in [0.15, 0.2) is 26.8 Å². The summed E-state index contributed by atoms with van der Waals surface area (Å²) in [6, 6.07) is 11.2. The van der Waals surface area contributed by atoms with Crippen molar-refractivity contribution < 1.29 is 41.7 Å². The summed E-state index contributed by atoms with van der Waals surface area (Å²) in [5, 5.41) is -1.06. The van der Waals surface area contributed by atoms with E-state index in [-0.39, 0.29) is 23.3 Å². The molecule has 1 saturated carbocycles. The molecule has 3 rings (SSSR count). The van der Waals surface area contributed by atoms with E-state index in [2.05, 4.69) is 0 Å². The Bertz CT molecular complexity index is 1190. The second kappa shape index (κ2) is 10.4. The average molecular weight is 505 g/mol. The molecule has 0 saturated heterocycles. The number of esters is 2. The van der Waals surface area contributed by atoms with Gasteiger partial charge in [-0.25, -0.2) is 8.42 Å². The van der Waals surface area contributed by atoms with Gasteiger partial charge < -0.3 is 23.7 Å². The maximum atomic E-state index is 13.4. The van der Waals surface area contributed by atoms with Gasteiger partial charge >= 0.3 is 11.9 Å². The van der Waals surface area contributed by atoms with Crippen molar-refractivity contribution in [1.82, 2.24) is 0 Å². The smallest absolute Gasteiger partial charge is 0.327 e. The van der Waals surface area contributed by atoms with E-state index in [9.17, 15) is 18.0 Å². The zero-order chi connectivity index (χ0) is 25.8. The lowest BCUT2D eigenvalue weighted by Gasteiger charge is -2.25. The third kappa shape index (κ3) is 4.58. The Balaban J connectivity index is 2.23. The summed E-state index contributed by atoms with van der Waals surface area (Å²) in [5.41, 5.74) is -1.18. The monoisotopic (exact) mass is 504 g/mol. The van der Waals surface area contributed by atoms with E-state index in [4.69, 9.17) is 23.7 Å². The van der Waals surface area contributed by atoms with Crippen LogP contribution in [0, 0.1) is 5.41 Å². The lowest BCUT2D eigenvalue weighted by atomic mass is 9.81. The Hall–Kier alpha value is -3.53. The lowest BCUT2D eigenvalue weighted by molar-refractivity contribution is -0.165.